The first kappa shape index (κ1) is 17.4. The van der Waals surface area contributed by atoms with Gasteiger partial charge in [0.15, 0.2) is 11.5 Å². The lowest BCUT2D eigenvalue weighted by molar-refractivity contribution is 0.0697. The van der Waals surface area contributed by atoms with Crippen LogP contribution < -0.4 is 14.8 Å². The van der Waals surface area contributed by atoms with Crippen LogP contribution in [0.2, 0.25) is 0 Å². The van der Waals surface area contributed by atoms with Crippen LogP contribution in [-0.4, -0.2) is 42.6 Å². The Morgan fingerprint density at radius 3 is 2.56 bits per heavy atom. The zero-order chi connectivity index (χ0) is 18.8. The van der Waals surface area contributed by atoms with E-state index in [4.69, 9.17) is 9.47 Å². The average molecular weight is 366 g/mol. The van der Waals surface area contributed by atoms with Gasteiger partial charge in [0.25, 0.3) is 11.8 Å². The fraction of sp³-hybridized carbons (Fsp3) is 0.333. The number of carbonyl (C=O) groups is 2. The van der Waals surface area contributed by atoms with E-state index in [0.29, 0.717) is 35.7 Å². The molecule has 0 unspecified atom stereocenters. The summed E-state index contributed by atoms with van der Waals surface area (Å²) < 4.78 is 10.6. The molecule has 0 aliphatic carbocycles. The molecule has 1 N–H and O–H groups in total. The van der Waals surface area contributed by atoms with Crippen LogP contribution in [0.3, 0.4) is 0 Å². The summed E-state index contributed by atoms with van der Waals surface area (Å²) in [6.07, 6.45) is 1.49. The second-order valence-corrected chi connectivity index (χ2v) is 6.92. The summed E-state index contributed by atoms with van der Waals surface area (Å²) >= 11 is 0. The van der Waals surface area contributed by atoms with Crippen molar-refractivity contribution >= 4 is 11.8 Å². The monoisotopic (exact) mass is 366 g/mol. The molecule has 2 aliphatic heterocycles. The maximum absolute atomic E-state index is 12.7. The van der Waals surface area contributed by atoms with Gasteiger partial charge in [0.05, 0.1) is 0 Å². The number of benzene rings is 2. The van der Waals surface area contributed by atoms with E-state index in [1.54, 1.807) is 18.2 Å². The van der Waals surface area contributed by atoms with Crippen LogP contribution in [0.4, 0.5) is 0 Å². The number of amides is 2. The van der Waals surface area contributed by atoms with Crippen molar-refractivity contribution in [3.8, 4) is 11.5 Å². The van der Waals surface area contributed by atoms with Crippen molar-refractivity contribution < 1.29 is 19.1 Å². The van der Waals surface area contributed by atoms with E-state index in [9.17, 15) is 9.59 Å². The summed E-state index contributed by atoms with van der Waals surface area (Å²) in [7, 11) is 0. The zero-order valence-corrected chi connectivity index (χ0v) is 15.2. The lowest BCUT2D eigenvalue weighted by Crippen LogP contribution is -2.46. The molecular formula is C21H22N2O4. The number of nitrogens with one attached hydrogen (secondary N) is 1. The molecule has 0 spiro atoms. The molecule has 2 aliphatic rings. The molecule has 4 rings (SSSR count). The molecule has 2 heterocycles. The van der Waals surface area contributed by atoms with E-state index in [1.807, 2.05) is 36.1 Å². The Morgan fingerprint density at radius 1 is 1.04 bits per heavy atom. The van der Waals surface area contributed by atoms with Crippen molar-refractivity contribution in [2.24, 2.45) is 0 Å². The molecule has 0 radical (unpaired) electrons. The zero-order valence-electron chi connectivity index (χ0n) is 15.2. The SMILES string of the molecule is Cc1ccccc1C(=O)NC1CCN(C(=O)c2ccc3c(c2)OCO3)CC1. The van der Waals surface area contributed by atoms with Crippen LogP contribution in [0.5, 0.6) is 11.5 Å². The Bertz CT molecular complexity index is 872. The molecule has 0 bridgehead atoms. The smallest absolute Gasteiger partial charge is 0.253 e. The van der Waals surface area contributed by atoms with Crippen molar-refractivity contribution in [3.05, 3.63) is 59.2 Å². The normalized spacial score (nSPS) is 16.3. The third-order valence-electron chi connectivity index (χ3n) is 5.13. The maximum atomic E-state index is 12.7. The van der Waals surface area contributed by atoms with E-state index in [2.05, 4.69) is 5.32 Å². The third kappa shape index (κ3) is 3.60. The summed E-state index contributed by atoms with van der Waals surface area (Å²) in [6.45, 7) is 3.36. The summed E-state index contributed by atoms with van der Waals surface area (Å²) in [5.41, 5.74) is 2.27. The Labute approximate surface area is 158 Å². The minimum absolute atomic E-state index is 0.0167. The topological polar surface area (TPSA) is 67.9 Å². The highest BCUT2D eigenvalue weighted by Crippen LogP contribution is 2.33. The first-order chi connectivity index (χ1) is 13.1. The van der Waals surface area contributed by atoms with Gasteiger partial charge in [0.1, 0.15) is 0 Å². The van der Waals surface area contributed by atoms with Gasteiger partial charge in [-0.2, -0.15) is 0 Å². The van der Waals surface area contributed by atoms with Gasteiger partial charge in [-0.05, 0) is 49.6 Å². The van der Waals surface area contributed by atoms with Gasteiger partial charge >= 0.3 is 0 Å². The van der Waals surface area contributed by atoms with Gasteiger partial charge in [0, 0.05) is 30.3 Å². The Balaban J connectivity index is 1.34. The molecule has 0 aromatic heterocycles. The number of aryl methyl sites for hydroxylation is 1. The van der Waals surface area contributed by atoms with Crippen molar-refractivity contribution in [1.82, 2.24) is 10.2 Å². The number of hydrogen-bond acceptors (Lipinski definition) is 4. The fourth-order valence-electron chi connectivity index (χ4n) is 3.53. The first-order valence-electron chi connectivity index (χ1n) is 9.17. The van der Waals surface area contributed by atoms with Gasteiger partial charge in [0.2, 0.25) is 6.79 Å². The molecule has 140 valence electrons. The number of carbonyl (C=O) groups excluding carboxylic acids is 2. The standard InChI is InChI=1S/C21H22N2O4/c1-14-4-2-3-5-17(14)20(24)22-16-8-10-23(11-9-16)21(25)15-6-7-18-19(12-15)27-13-26-18/h2-7,12,16H,8-11,13H2,1H3,(H,22,24). The van der Waals surface area contributed by atoms with Gasteiger partial charge in [-0.15, -0.1) is 0 Å². The minimum atomic E-state index is -0.0475. The Hall–Kier alpha value is -3.02. The van der Waals surface area contributed by atoms with Crippen LogP contribution in [0, 0.1) is 6.92 Å². The highest BCUT2D eigenvalue weighted by Gasteiger charge is 2.26. The molecule has 1 saturated heterocycles. The highest BCUT2D eigenvalue weighted by molar-refractivity contribution is 5.96. The van der Waals surface area contributed by atoms with Crippen LogP contribution in [0.1, 0.15) is 39.1 Å². The molecule has 0 atom stereocenters. The molecule has 2 aromatic rings. The number of hydrogen-bond donors (Lipinski definition) is 1. The predicted molar refractivity (Wildman–Crippen MR) is 100 cm³/mol. The van der Waals surface area contributed by atoms with E-state index in [1.165, 1.54) is 0 Å². The van der Waals surface area contributed by atoms with E-state index in [0.717, 1.165) is 18.4 Å². The molecule has 6 heteroatoms. The maximum Gasteiger partial charge on any atom is 0.253 e. The molecule has 27 heavy (non-hydrogen) atoms. The van der Waals surface area contributed by atoms with Gasteiger partial charge in [-0.3, -0.25) is 9.59 Å². The number of piperidine rings is 1. The lowest BCUT2D eigenvalue weighted by atomic mass is 10.0. The number of rotatable bonds is 3. The summed E-state index contributed by atoms with van der Waals surface area (Å²) in [5, 5.41) is 3.10. The molecule has 2 amide bonds. The quantitative estimate of drug-likeness (QED) is 0.907. The summed E-state index contributed by atoms with van der Waals surface area (Å²) in [5.74, 6) is 1.22. The lowest BCUT2D eigenvalue weighted by Gasteiger charge is -2.32. The molecule has 0 saturated carbocycles. The Morgan fingerprint density at radius 2 is 1.78 bits per heavy atom. The Kier molecular flexibility index (Phi) is 4.71. The van der Waals surface area contributed by atoms with Crippen molar-refractivity contribution in [2.75, 3.05) is 19.9 Å². The number of ether oxygens (including phenoxy) is 2. The van der Waals surface area contributed by atoms with Crippen molar-refractivity contribution in [2.45, 2.75) is 25.8 Å². The van der Waals surface area contributed by atoms with Crippen LogP contribution >= 0.6 is 0 Å². The molecule has 2 aromatic carbocycles. The number of fused-ring (bicyclic) bond motifs is 1. The van der Waals surface area contributed by atoms with Crippen LogP contribution in [-0.2, 0) is 0 Å². The van der Waals surface area contributed by atoms with Crippen LogP contribution in [0.25, 0.3) is 0 Å². The first-order valence-corrected chi connectivity index (χ1v) is 9.17. The van der Waals surface area contributed by atoms with Gasteiger partial charge < -0.3 is 19.7 Å². The average Bonchev–Trinajstić information content (AvgIpc) is 3.16. The predicted octanol–water partition coefficient (Wildman–Crippen LogP) is 2.76. The van der Waals surface area contributed by atoms with Crippen molar-refractivity contribution in [3.63, 3.8) is 0 Å². The molecular weight excluding hydrogens is 344 g/mol. The minimum Gasteiger partial charge on any atom is -0.454 e. The second-order valence-electron chi connectivity index (χ2n) is 6.92. The highest BCUT2D eigenvalue weighted by atomic mass is 16.7. The number of likely N-dealkylation sites (tertiary alicyclic amines) is 1. The third-order valence-corrected chi connectivity index (χ3v) is 5.13. The number of nitrogens with zero attached hydrogens (tertiary/aromatic N) is 1. The van der Waals surface area contributed by atoms with Crippen molar-refractivity contribution in [1.29, 1.82) is 0 Å². The van der Waals surface area contributed by atoms with Crippen LogP contribution in [0.15, 0.2) is 42.5 Å². The van der Waals surface area contributed by atoms with E-state index < -0.39 is 0 Å². The largest absolute Gasteiger partial charge is 0.454 e. The summed E-state index contributed by atoms with van der Waals surface area (Å²) in [4.78, 5) is 27.0. The molecule has 1 fully saturated rings. The van der Waals surface area contributed by atoms with Gasteiger partial charge in [-0.1, -0.05) is 18.2 Å². The van der Waals surface area contributed by atoms with E-state index in [-0.39, 0.29) is 24.6 Å². The molecule has 6 nitrogen and oxygen atoms in total. The summed E-state index contributed by atoms with van der Waals surface area (Å²) in [6, 6.07) is 12.9. The van der Waals surface area contributed by atoms with Gasteiger partial charge in [-0.25, -0.2) is 0 Å². The van der Waals surface area contributed by atoms with E-state index >= 15 is 0 Å². The fourth-order valence-corrected chi connectivity index (χ4v) is 3.53. The second kappa shape index (κ2) is 7.31.